The van der Waals surface area contributed by atoms with Gasteiger partial charge in [0.1, 0.15) is 12.2 Å². The molecule has 0 saturated carbocycles. The molecule has 0 bridgehead atoms. The standard InChI is InChI=1S/C11H21N5O2S/c1-2-15-10-12-14-11(15)9-13-19(17,18)16-7-5-3-4-6-8-16/h10,13H,2-9H2,1H3. The van der Waals surface area contributed by atoms with Gasteiger partial charge < -0.3 is 4.57 Å². The van der Waals surface area contributed by atoms with Crippen molar-refractivity contribution in [3.8, 4) is 0 Å². The van der Waals surface area contributed by atoms with E-state index in [2.05, 4.69) is 14.9 Å². The molecular formula is C11H21N5O2S. The van der Waals surface area contributed by atoms with Gasteiger partial charge in [-0.3, -0.25) is 0 Å². The number of nitrogens with zero attached hydrogens (tertiary/aromatic N) is 4. The summed E-state index contributed by atoms with van der Waals surface area (Å²) < 4.78 is 30.3. The molecule has 108 valence electrons. The fourth-order valence-corrected chi connectivity index (χ4v) is 3.44. The van der Waals surface area contributed by atoms with E-state index in [1.165, 1.54) is 4.31 Å². The summed E-state index contributed by atoms with van der Waals surface area (Å²) in [6.45, 7) is 4.10. The van der Waals surface area contributed by atoms with Crippen LogP contribution < -0.4 is 4.72 Å². The summed E-state index contributed by atoms with van der Waals surface area (Å²) >= 11 is 0. The molecule has 1 aromatic heterocycles. The van der Waals surface area contributed by atoms with E-state index in [-0.39, 0.29) is 6.54 Å². The second kappa shape index (κ2) is 6.44. The van der Waals surface area contributed by atoms with Crippen molar-refractivity contribution in [2.75, 3.05) is 13.1 Å². The molecular weight excluding hydrogens is 266 g/mol. The molecule has 0 spiro atoms. The third kappa shape index (κ3) is 3.74. The lowest BCUT2D eigenvalue weighted by atomic mass is 10.2. The van der Waals surface area contributed by atoms with Gasteiger partial charge in [0.2, 0.25) is 0 Å². The van der Waals surface area contributed by atoms with Crippen molar-refractivity contribution in [1.29, 1.82) is 0 Å². The highest BCUT2D eigenvalue weighted by Gasteiger charge is 2.22. The molecule has 2 heterocycles. The Hall–Kier alpha value is -0.990. The second-order valence-electron chi connectivity index (χ2n) is 4.67. The maximum Gasteiger partial charge on any atom is 0.279 e. The quantitative estimate of drug-likeness (QED) is 0.855. The third-order valence-corrected chi connectivity index (χ3v) is 4.91. The highest BCUT2D eigenvalue weighted by molar-refractivity contribution is 7.87. The molecule has 1 aromatic rings. The Bertz CT molecular complexity index is 491. The van der Waals surface area contributed by atoms with E-state index in [4.69, 9.17) is 0 Å². The van der Waals surface area contributed by atoms with Crippen LogP contribution in [0.25, 0.3) is 0 Å². The minimum Gasteiger partial charge on any atom is -0.317 e. The minimum absolute atomic E-state index is 0.187. The van der Waals surface area contributed by atoms with Crippen LogP contribution in [0.5, 0.6) is 0 Å². The number of nitrogens with one attached hydrogen (secondary N) is 1. The van der Waals surface area contributed by atoms with E-state index < -0.39 is 10.2 Å². The molecule has 2 rings (SSSR count). The monoisotopic (exact) mass is 287 g/mol. The van der Waals surface area contributed by atoms with Gasteiger partial charge in [0, 0.05) is 19.6 Å². The number of hydrogen-bond donors (Lipinski definition) is 1. The SMILES string of the molecule is CCn1cnnc1CNS(=O)(=O)N1CCCCCC1. The van der Waals surface area contributed by atoms with Crippen LogP contribution in [0, 0.1) is 0 Å². The van der Waals surface area contributed by atoms with E-state index in [0.29, 0.717) is 18.9 Å². The molecule has 1 saturated heterocycles. The smallest absolute Gasteiger partial charge is 0.279 e. The molecule has 0 unspecified atom stereocenters. The molecule has 0 radical (unpaired) electrons. The summed E-state index contributed by atoms with van der Waals surface area (Å²) in [7, 11) is -3.41. The molecule has 8 heteroatoms. The molecule has 0 aromatic carbocycles. The molecule has 1 fully saturated rings. The number of hydrogen-bond acceptors (Lipinski definition) is 4. The Kier molecular flexibility index (Phi) is 4.89. The average Bonchev–Trinajstić information content (AvgIpc) is 2.66. The van der Waals surface area contributed by atoms with E-state index in [9.17, 15) is 8.42 Å². The molecule has 1 aliphatic heterocycles. The van der Waals surface area contributed by atoms with Crippen LogP contribution in [0.15, 0.2) is 6.33 Å². The van der Waals surface area contributed by atoms with Crippen molar-refractivity contribution in [3.63, 3.8) is 0 Å². The van der Waals surface area contributed by atoms with Crippen molar-refractivity contribution in [1.82, 2.24) is 23.8 Å². The normalized spacial score (nSPS) is 18.4. The Labute approximate surface area is 114 Å². The third-order valence-electron chi connectivity index (χ3n) is 3.35. The molecule has 0 aliphatic carbocycles. The lowest BCUT2D eigenvalue weighted by Gasteiger charge is -2.20. The summed E-state index contributed by atoms with van der Waals surface area (Å²) in [6.07, 6.45) is 5.69. The van der Waals surface area contributed by atoms with Crippen LogP contribution in [0.2, 0.25) is 0 Å². The summed E-state index contributed by atoms with van der Waals surface area (Å²) in [5.74, 6) is 0.640. The Morgan fingerprint density at radius 2 is 1.95 bits per heavy atom. The lowest BCUT2D eigenvalue weighted by molar-refractivity contribution is 0.413. The van der Waals surface area contributed by atoms with E-state index in [1.807, 2.05) is 11.5 Å². The van der Waals surface area contributed by atoms with Gasteiger partial charge in [-0.15, -0.1) is 10.2 Å². The van der Waals surface area contributed by atoms with Crippen LogP contribution in [0.3, 0.4) is 0 Å². The first-order valence-electron chi connectivity index (χ1n) is 6.75. The van der Waals surface area contributed by atoms with Crippen molar-refractivity contribution < 1.29 is 8.42 Å². The van der Waals surface area contributed by atoms with Crippen LogP contribution in [0.4, 0.5) is 0 Å². The van der Waals surface area contributed by atoms with Gasteiger partial charge in [-0.1, -0.05) is 12.8 Å². The van der Waals surface area contributed by atoms with Crippen LogP contribution in [-0.2, 0) is 23.3 Å². The summed E-state index contributed by atoms with van der Waals surface area (Å²) in [5, 5.41) is 7.71. The molecule has 0 amide bonds. The van der Waals surface area contributed by atoms with Crippen molar-refractivity contribution in [2.45, 2.75) is 45.7 Å². The minimum atomic E-state index is -3.41. The number of rotatable bonds is 5. The van der Waals surface area contributed by atoms with Gasteiger partial charge in [-0.25, -0.2) is 0 Å². The Balaban J connectivity index is 1.97. The zero-order valence-corrected chi connectivity index (χ0v) is 12.1. The maximum absolute atomic E-state index is 12.2. The van der Waals surface area contributed by atoms with Gasteiger partial charge in [-0.05, 0) is 19.8 Å². The van der Waals surface area contributed by atoms with Crippen LogP contribution in [0.1, 0.15) is 38.4 Å². The number of aryl methyl sites for hydroxylation is 1. The first-order valence-corrected chi connectivity index (χ1v) is 8.19. The van der Waals surface area contributed by atoms with Gasteiger partial charge in [-0.2, -0.15) is 17.4 Å². The van der Waals surface area contributed by atoms with Gasteiger partial charge in [0.05, 0.1) is 6.54 Å². The molecule has 19 heavy (non-hydrogen) atoms. The van der Waals surface area contributed by atoms with Gasteiger partial charge >= 0.3 is 0 Å². The topological polar surface area (TPSA) is 80.1 Å². The largest absolute Gasteiger partial charge is 0.317 e. The molecule has 1 N–H and O–H groups in total. The average molecular weight is 287 g/mol. The first kappa shape index (κ1) is 14.4. The van der Waals surface area contributed by atoms with Gasteiger partial charge in [0.25, 0.3) is 10.2 Å². The zero-order valence-electron chi connectivity index (χ0n) is 11.2. The highest BCUT2D eigenvalue weighted by atomic mass is 32.2. The second-order valence-corrected chi connectivity index (χ2v) is 6.43. The number of aromatic nitrogens is 3. The zero-order chi connectivity index (χ0) is 13.7. The fourth-order valence-electron chi connectivity index (χ4n) is 2.21. The summed E-state index contributed by atoms with van der Waals surface area (Å²) in [5.41, 5.74) is 0. The highest BCUT2D eigenvalue weighted by Crippen LogP contribution is 2.12. The van der Waals surface area contributed by atoms with E-state index >= 15 is 0 Å². The van der Waals surface area contributed by atoms with Crippen LogP contribution in [-0.4, -0.2) is 40.6 Å². The molecule has 0 atom stereocenters. The maximum atomic E-state index is 12.2. The van der Waals surface area contributed by atoms with E-state index in [0.717, 1.165) is 32.2 Å². The predicted octanol–water partition coefficient (Wildman–Crippen LogP) is 0.508. The molecule has 1 aliphatic rings. The van der Waals surface area contributed by atoms with E-state index in [1.54, 1.807) is 6.33 Å². The summed E-state index contributed by atoms with van der Waals surface area (Å²) in [6, 6.07) is 0. The Morgan fingerprint density at radius 1 is 1.26 bits per heavy atom. The summed E-state index contributed by atoms with van der Waals surface area (Å²) in [4.78, 5) is 0. The molecule has 7 nitrogen and oxygen atoms in total. The van der Waals surface area contributed by atoms with Crippen molar-refractivity contribution in [2.24, 2.45) is 0 Å². The van der Waals surface area contributed by atoms with Gasteiger partial charge in [0.15, 0.2) is 0 Å². The van der Waals surface area contributed by atoms with Crippen molar-refractivity contribution in [3.05, 3.63) is 12.2 Å². The predicted molar refractivity (Wildman–Crippen MR) is 71.5 cm³/mol. The Morgan fingerprint density at radius 3 is 2.58 bits per heavy atom. The lowest BCUT2D eigenvalue weighted by Crippen LogP contribution is -2.41. The van der Waals surface area contributed by atoms with Crippen molar-refractivity contribution >= 4 is 10.2 Å². The van der Waals surface area contributed by atoms with Crippen LogP contribution >= 0.6 is 0 Å². The first-order chi connectivity index (χ1) is 9.13. The fraction of sp³-hybridized carbons (Fsp3) is 0.818.